The van der Waals surface area contributed by atoms with Crippen molar-refractivity contribution in [3.05, 3.63) is 63.1 Å². The summed E-state index contributed by atoms with van der Waals surface area (Å²) in [6.45, 7) is -0.323. The predicted molar refractivity (Wildman–Crippen MR) is 190 cm³/mol. The first-order valence-corrected chi connectivity index (χ1v) is 19.3. The van der Waals surface area contributed by atoms with Crippen LogP contribution in [0.4, 0.5) is 18.4 Å². The van der Waals surface area contributed by atoms with E-state index in [-0.39, 0.29) is 43.6 Å². The van der Waals surface area contributed by atoms with E-state index in [0.717, 1.165) is 23.2 Å². The van der Waals surface area contributed by atoms with Crippen molar-refractivity contribution in [2.75, 3.05) is 46.2 Å². The van der Waals surface area contributed by atoms with Gasteiger partial charge in [0.05, 0.1) is 31.0 Å². The van der Waals surface area contributed by atoms with Gasteiger partial charge in [0.2, 0.25) is 18.0 Å². The third-order valence-corrected chi connectivity index (χ3v) is 10.6. The molecule has 2 saturated heterocycles. The number of oxime groups is 1. The minimum atomic E-state index is -5.06. The Morgan fingerprint density at radius 2 is 1.95 bits per heavy atom. The van der Waals surface area contributed by atoms with Gasteiger partial charge in [0.25, 0.3) is 11.8 Å². The quantitative estimate of drug-likeness (QED) is 0.185. The number of aromatic nitrogens is 1. The number of benzene rings is 1. The van der Waals surface area contributed by atoms with Crippen LogP contribution >= 0.6 is 7.82 Å². The number of phosphoric acid groups is 1. The fraction of sp³-hybridized carbons (Fsp3) is 0.500. The number of ether oxygens (including phenoxy) is 3. The lowest BCUT2D eigenvalue weighted by Gasteiger charge is -2.42. The van der Waals surface area contributed by atoms with E-state index >= 15 is 0 Å². The Balaban J connectivity index is 1.37. The van der Waals surface area contributed by atoms with Crippen molar-refractivity contribution in [3.8, 4) is 5.75 Å². The summed E-state index contributed by atoms with van der Waals surface area (Å²) < 4.78 is 60.4. The zero-order valence-electron chi connectivity index (χ0n) is 31.0. The Morgan fingerprint density at radius 3 is 2.62 bits per heavy atom. The lowest BCUT2D eigenvalue weighted by atomic mass is 9.84. The van der Waals surface area contributed by atoms with E-state index in [1.54, 1.807) is 13.8 Å². The van der Waals surface area contributed by atoms with Crippen LogP contribution < -0.4 is 15.5 Å². The highest BCUT2D eigenvalue weighted by Crippen LogP contribution is 2.46. The fourth-order valence-electron chi connectivity index (χ4n) is 7.35. The number of phosphoric ester groups is 1. The van der Waals surface area contributed by atoms with Gasteiger partial charge in [0.15, 0.2) is 11.3 Å². The van der Waals surface area contributed by atoms with E-state index in [2.05, 4.69) is 19.7 Å². The lowest BCUT2D eigenvalue weighted by molar-refractivity contribution is -0.138. The number of nitrogens with one attached hydrogen (secondary N) is 1. The van der Waals surface area contributed by atoms with Gasteiger partial charge >= 0.3 is 26.0 Å². The molecule has 4 N–H and O–H groups in total. The average molecular weight is 841 g/mol. The average Bonchev–Trinajstić information content (AvgIpc) is 3.48. The van der Waals surface area contributed by atoms with E-state index in [0.29, 0.717) is 35.9 Å². The normalized spacial score (nSPS) is 22.7. The number of carbonyl (C=O) groups excluding carboxylic acids is 4. The summed E-state index contributed by atoms with van der Waals surface area (Å²) >= 11 is 0. The van der Waals surface area contributed by atoms with Crippen LogP contribution in [0.5, 0.6) is 5.75 Å². The summed E-state index contributed by atoms with van der Waals surface area (Å²) in [6.07, 6.45) is -0.308. The SMILES string of the molecule is CC1=NO[C@@]2(CC[C@H](C)N3C[C@H]2n2cc(C(=O)NCc4ccc(F)cc4F)c(=O)c(OC(=O)N4CCOC[C@H]4CN(CC(=O)O)C(=O)OCOP(=O)(O)O)c2C3=O)C1. The number of rotatable bonds is 11. The molecule has 1 spiro atoms. The molecule has 4 atom stereocenters. The van der Waals surface area contributed by atoms with Gasteiger partial charge in [-0.3, -0.25) is 29.0 Å². The minimum Gasteiger partial charge on any atom is -0.480 e. The summed E-state index contributed by atoms with van der Waals surface area (Å²) in [6, 6.07) is 0.375. The van der Waals surface area contributed by atoms with Crippen molar-refractivity contribution in [2.24, 2.45) is 5.16 Å². The van der Waals surface area contributed by atoms with Gasteiger partial charge < -0.3 is 48.7 Å². The molecule has 58 heavy (non-hydrogen) atoms. The number of fused-ring (bicyclic) bond motifs is 5. The third-order valence-electron chi connectivity index (χ3n) is 10.2. The molecule has 4 aliphatic rings. The molecule has 0 saturated carbocycles. The van der Waals surface area contributed by atoms with Crippen LogP contribution in [0.15, 0.2) is 34.3 Å². The molecule has 6 rings (SSSR count). The summed E-state index contributed by atoms with van der Waals surface area (Å²) in [7, 11) is -5.06. The fourth-order valence-corrected chi connectivity index (χ4v) is 7.54. The molecule has 2 fully saturated rings. The van der Waals surface area contributed by atoms with Crippen molar-refractivity contribution >= 4 is 43.5 Å². The summed E-state index contributed by atoms with van der Waals surface area (Å²) in [5.41, 5.74) is -2.69. The molecule has 4 aliphatic heterocycles. The van der Waals surface area contributed by atoms with Crippen molar-refractivity contribution in [3.63, 3.8) is 0 Å². The molecular formula is C34H39F2N6O15P. The Bertz CT molecular complexity index is 2150. The zero-order chi connectivity index (χ0) is 42.1. The van der Waals surface area contributed by atoms with Crippen LogP contribution in [0.1, 0.15) is 65.6 Å². The molecule has 2 aromatic rings. The first kappa shape index (κ1) is 42.1. The maximum absolute atomic E-state index is 14.5. The van der Waals surface area contributed by atoms with Gasteiger partial charge in [-0.15, -0.1) is 0 Å². The van der Waals surface area contributed by atoms with Gasteiger partial charge in [-0.05, 0) is 32.8 Å². The predicted octanol–water partition coefficient (Wildman–Crippen LogP) is 1.56. The molecule has 1 aromatic heterocycles. The lowest BCUT2D eigenvalue weighted by Crippen LogP contribution is -2.56. The standard InChI is InChI=1S/C34H39F2N6O15P/c1-18-10-34(57-38-18)6-5-19(2)41-14-25(34)42-13-23(30(46)37-11-20-3-4-21(35)9-24(20)36)28(45)29(27(42)31(41)47)56-33(49)40-7-8-53-16-22(40)12-39(15-26(43)44)32(48)54-17-55-58(50,51)52/h3-4,9,13,19,22,25H,5-8,10-12,14-17H2,1-2H3,(H,37,46)(H,43,44)(H2,50,51,52)/t19-,22+,25+,34-/m0/s1. The monoisotopic (exact) mass is 840 g/mol. The smallest absolute Gasteiger partial charge is 0.472 e. The second-order valence-electron chi connectivity index (χ2n) is 14.1. The Labute approximate surface area is 327 Å². The number of nitrogens with zero attached hydrogens (tertiary/aromatic N) is 5. The van der Waals surface area contributed by atoms with Crippen LogP contribution in [-0.2, 0) is 34.7 Å². The number of carboxylic acids is 1. The van der Waals surface area contributed by atoms with Crippen LogP contribution in [0, 0.1) is 11.6 Å². The summed E-state index contributed by atoms with van der Waals surface area (Å²) in [4.78, 5) is 108. The maximum Gasteiger partial charge on any atom is 0.472 e. The van der Waals surface area contributed by atoms with E-state index in [1.807, 2.05) is 0 Å². The number of morpholine rings is 1. The Morgan fingerprint density at radius 1 is 1.19 bits per heavy atom. The molecular weight excluding hydrogens is 801 g/mol. The topological polar surface area (TPSA) is 265 Å². The number of carbonyl (C=O) groups is 5. The van der Waals surface area contributed by atoms with Crippen molar-refractivity contribution in [1.82, 2.24) is 24.6 Å². The number of carboxylic acid groups (broad SMARTS) is 1. The summed E-state index contributed by atoms with van der Waals surface area (Å²) in [5.74, 6) is -5.94. The van der Waals surface area contributed by atoms with E-state index in [9.17, 15) is 47.2 Å². The zero-order valence-corrected chi connectivity index (χ0v) is 31.9. The second-order valence-corrected chi connectivity index (χ2v) is 15.3. The highest BCUT2D eigenvalue weighted by atomic mass is 31.2. The third kappa shape index (κ3) is 8.97. The number of amides is 4. The van der Waals surface area contributed by atoms with Gasteiger partial charge in [-0.2, -0.15) is 0 Å². The minimum absolute atomic E-state index is 0.0636. The molecule has 1 aromatic carbocycles. The largest absolute Gasteiger partial charge is 0.480 e. The van der Waals surface area contributed by atoms with Crippen molar-refractivity contribution < 1.29 is 75.8 Å². The van der Waals surface area contributed by atoms with Gasteiger partial charge in [0, 0.05) is 56.5 Å². The molecule has 0 aliphatic carbocycles. The first-order chi connectivity index (χ1) is 27.4. The van der Waals surface area contributed by atoms with Gasteiger partial charge in [-0.1, -0.05) is 11.2 Å². The molecule has 2 bridgehead atoms. The van der Waals surface area contributed by atoms with Gasteiger partial charge in [-0.25, -0.2) is 27.5 Å². The van der Waals surface area contributed by atoms with Gasteiger partial charge in [0.1, 0.15) is 23.7 Å². The number of halogens is 2. The Hall–Kier alpha value is -5.48. The van der Waals surface area contributed by atoms with Crippen LogP contribution in [0.2, 0.25) is 0 Å². The number of hydrogen-bond donors (Lipinski definition) is 4. The van der Waals surface area contributed by atoms with Crippen LogP contribution in [-0.4, -0.2) is 134 Å². The molecule has 24 heteroatoms. The van der Waals surface area contributed by atoms with E-state index in [4.69, 9.17) is 24.1 Å². The number of pyridine rings is 1. The number of aliphatic carboxylic acids is 1. The maximum atomic E-state index is 14.5. The summed E-state index contributed by atoms with van der Waals surface area (Å²) in [5, 5.41) is 16.0. The molecule has 314 valence electrons. The van der Waals surface area contributed by atoms with Crippen LogP contribution in [0.3, 0.4) is 0 Å². The highest BCUT2D eigenvalue weighted by Gasteiger charge is 2.54. The molecule has 4 amide bonds. The van der Waals surface area contributed by atoms with Crippen LogP contribution in [0.25, 0.3) is 0 Å². The molecule has 5 heterocycles. The van der Waals surface area contributed by atoms with Crippen molar-refractivity contribution in [2.45, 2.75) is 63.4 Å². The first-order valence-electron chi connectivity index (χ1n) is 17.8. The molecule has 21 nitrogen and oxygen atoms in total. The van der Waals surface area contributed by atoms with Crippen molar-refractivity contribution in [1.29, 1.82) is 0 Å². The molecule has 0 unspecified atom stereocenters. The van der Waals surface area contributed by atoms with E-state index < -0.39 is 110 Å². The highest BCUT2D eigenvalue weighted by molar-refractivity contribution is 7.46. The Kier molecular flexibility index (Phi) is 12.2. The van der Waals surface area contributed by atoms with E-state index in [1.165, 1.54) is 9.47 Å². The molecule has 0 radical (unpaired) electrons. The number of hydrogen-bond acceptors (Lipinski definition) is 13. The second kappa shape index (κ2) is 16.8.